The predicted octanol–water partition coefficient (Wildman–Crippen LogP) is -0.0731. The van der Waals surface area contributed by atoms with E-state index in [2.05, 4.69) is 0 Å². The third kappa shape index (κ3) is 3.93. The smallest absolute Gasteiger partial charge is 0.165 e. The lowest BCUT2D eigenvalue weighted by atomic mass is 10.2. The SMILES string of the molecule is CCCOc1ccc(C)cc1F.[I-]. The van der Waals surface area contributed by atoms with E-state index in [4.69, 9.17) is 4.74 Å². The molecule has 0 spiro atoms. The van der Waals surface area contributed by atoms with Gasteiger partial charge in [0.15, 0.2) is 11.6 Å². The maximum absolute atomic E-state index is 13.0. The molecule has 1 rings (SSSR count). The van der Waals surface area contributed by atoms with Gasteiger partial charge in [-0.1, -0.05) is 13.0 Å². The lowest BCUT2D eigenvalue weighted by molar-refractivity contribution is -0.00000353. The molecule has 0 unspecified atom stereocenters. The van der Waals surface area contributed by atoms with Crippen LogP contribution in [0.1, 0.15) is 18.9 Å². The summed E-state index contributed by atoms with van der Waals surface area (Å²) in [5.41, 5.74) is 0.913. The molecule has 0 aliphatic heterocycles. The second-order valence-electron chi connectivity index (χ2n) is 2.78. The lowest BCUT2D eigenvalue weighted by Gasteiger charge is -2.05. The number of ether oxygens (including phenoxy) is 1. The Morgan fingerprint density at radius 3 is 2.62 bits per heavy atom. The van der Waals surface area contributed by atoms with E-state index in [0.29, 0.717) is 12.4 Å². The maximum atomic E-state index is 13.0. The van der Waals surface area contributed by atoms with Crippen molar-refractivity contribution in [1.82, 2.24) is 0 Å². The van der Waals surface area contributed by atoms with Gasteiger partial charge in [0, 0.05) is 0 Å². The van der Waals surface area contributed by atoms with E-state index in [0.717, 1.165) is 12.0 Å². The first-order valence-electron chi connectivity index (χ1n) is 4.13. The van der Waals surface area contributed by atoms with Crippen LogP contribution in [0.25, 0.3) is 0 Å². The van der Waals surface area contributed by atoms with E-state index in [1.165, 1.54) is 6.07 Å². The van der Waals surface area contributed by atoms with Gasteiger partial charge in [-0.15, -0.1) is 0 Å². The predicted molar refractivity (Wildman–Crippen MR) is 46.9 cm³/mol. The average Bonchev–Trinajstić information content (AvgIpc) is 2.03. The molecule has 0 aliphatic rings. The number of hydrogen-bond donors (Lipinski definition) is 0. The molecule has 0 saturated heterocycles. The van der Waals surface area contributed by atoms with E-state index in [9.17, 15) is 4.39 Å². The Kier molecular flexibility index (Phi) is 6.03. The fraction of sp³-hybridized carbons (Fsp3) is 0.400. The normalized spacial score (nSPS) is 9.15. The number of halogens is 2. The van der Waals surface area contributed by atoms with E-state index in [1.807, 2.05) is 19.9 Å². The van der Waals surface area contributed by atoms with Crippen molar-refractivity contribution >= 4 is 0 Å². The third-order valence-electron chi connectivity index (χ3n) is 1.55. The molecule has 3 heteroatoms. The molecule has 1 aromatic carbocycles. The van der Waals surface area contributed by atoms with Gasteiger partial charge in [0.25, 0.3) is 0 Å². The summed E-state index contributed by atoms with van der Waals surface area (Å²) >= 11 is 0. The van der Waals surface area contributed by atoms with Crippen molar-refractivity contribution in [3.8, 4) is 5.75 Å². The standard InChI is InChI=1S/C10H13FO.HI/c1-3-6-12-10-5-4-8(2)7-9(10)11;/h4-5,7H,3,6H2,1-2H3;1H/p-1. The molecule has 0 radical (unpaired) electrons. The molecule has 0 N–H and O–H groups in total. The number of aryl methyl sites for hydroxylation is 1. The Hall–Kier alpha value is -0.320. The first-order chi connectivity index (χ1) is 5.74. The Morgan fingerprint density at radius 2 is 2.08 bits per heavy atom. The zero-order chi connectivity index (χ0) is 8.97. The van der Waals surface area contributed by atoms with Crippen LogP contribution in [0.15, 0.2) is 18.2 Å². The van der Waals surface area contributed by atoms with Crippen LogP contribution in [-0.4, -0.2) is 6.61 Å². The van der Waals surface area contributed by atoms with Crippen LogP contribution < -0.4 is 28.7 Å². The summed E-state index contributed by atoms with van der Waals surface area (Å²) in [6, 6.07) is 4.99. The molecule has 1 aromatic rings. The Morgan fingerprint density at radius 1 is 1.38 bits per heavy atom. The van der Waals surface area contributed by atoms with Crippen LogP contribution in [0, 0.1) is 12.7 Å². The van der Waals surface area contributed by atoms with Gasteiger partial charge < -0.3 is 28.7 Å². The molecule has 0 amide bonds. The number of benzene rings is 1. The first-order valence-corrected chi connectivity index (χ1v) is 4.13. The molecule has 0 atom stereocenters. The fourth-order valence-electron chi connectivity index (χ4n) is 0.935. The van der Waals surface area contributed by atoms with Crippen molar-refractivity contribution in [2.75, 3.05) is 6.61 Å². The highest BCUT2D eigenvalue weighted by atomic mass is 127. The van der Waals surface area contributed by atoms with Gasteiger partial charge in [-0.25, -0.2) is 4.39 Å². The van der Waals surface area contributed by atoms with Gasteiger partial charge in [0.2, 0.25) is 0 Å². The summed E-state index contributed by atoms with van der Waals surface area (Å²) in [4.78, 5) is 0. The molecule has 74 valence electrons. The van der Waals surface area contributed by atoms with Crippen molar-refractivity contribution in [2.45, 2.75) is 20.3 Å². The summed E-state index contributed by atoms with van der Waals surface area (Å²) in [7, 11) is 0. The summed E-state index contributed by atoms with van der Waals surface area (Å²) < 4.78 is 18.2. The molecular formula is C10H13FIO-. The molecule has 0 aromatic heterocycles. The molecule has 0 aliphatic carbocycles. The van der Waals surface area contributed by atoms with E-state index in [1.54, 1.807) is 6.07 Å². The van der Waals surface area contributed by atoms with Crippen LogP contribution >= 0.6 is 0 Å². The highest BCUT2D eigenvalue weighted by molar-refractivity contribution is 5.28. The van der Waals surface area contributed by atoms with Crippen molar-refractivity contribution in [2.24, 2.45) is 0 Å². The molecule has 0 bridgehead atoms. The number of rotatable bonds is 3. The van der Waals surface area contributed by atoms with Gasteiger partial charge in [-0.3, -0.25) is 0 Å². The Labute approximate surface area is 95.3 Å². The fourth-order valence-corrected chi connectivity index (χ4v) is 0.935. The Balaban J connectivity index is 0.00000144. The zero-order valence-electron chi connectivity index (χ0n) is 7.81. The summed E-state index contributed by atoms with van der Waals surface area (Å²) in [6.45, 7) is 4.42. The average molecular weight is 295 g/mol. The third-order valence-corrected chi connectivity index (χ3v) is 1.55. The highest BCUT2D eigenvalue weighted by Gasteiger charge is 2.01. The molecule has 1 nitrogen and oxygen atoms in total. The summed E-state index contributed by atoms with van der Waals surface area (Å²) in [5.74, 6) is 0.0749. The van der Waals surface area contributed by atoms with Crippen LogP contribution in [-0.2, 0) is 0 Å². The van der Waals surface area contributed by atoms with Gasteiger partial charge in [0.1, 0.15) is 0 Å². The molecular weight excluding hydrogens is 282 g/mol. The number of hydrogen-bond acceptors (Lipinski definition) is 1. The maximum Gasteiger partial charge on any atom is 0.165 e. The Bertz CT molecular complexity index is 263. The van der Waals surface area contributed by atoms with Crippen molar-refractivity contribution in [1.29, 1.82) is 0 Å². The van der Waals surface area contributed by atoms with Gasteiger partial charge in [0.05, 0.1) is 6.61 Å². The minimum atomic E-state index is -0.275. The zero-order valence-corrected chi connectivity index (χ0v) is 9.97. The molecule has 0 fully saturated rings. The lowest BCUT2D eigenvalue weighted by Crippen LogP contribution is -3.00. The van der Waals surface area contributed by atoms with Gasteiger partial charge in [-0.05, 0) is 31.0 Å². The highest BCUT2D eigenvalue weighted by Crippen LogP contribution is 2.17. The van der Waals surface area contributed by atoms with Crippen molar-refractivity contribution in [3.63, 3.8) is 0 Å². The van der Waals surface area contributed by atoms with Crippen LogP contribution in [0.5, 0.6) is 5.75 Å². The van der Waals surface area contributed by atoms with E-state index >= 15 is 0 Å². The minimum Gasteiger partial charge on any atom is -1.00 e. The molecule has 13 heavy (non-hydrogen) atoms. The van der Waals surface area contributed by atoms with E-state index in [-0.39, 0.29) is 29.8 Å². The topological polar surface area (TPSA) is 9.23 Å². The van der Waals surface area contributed by atoms with Crippen LogP contribution in [0.2, 0.25) is 0 Å². The monoisotopic (exact) mass is 295 g/mol. The molecule has 0 heterocycles. The first kappa shape index (κ1) is 12.7. The van der Waals surface area contributed by atoms with Crippen molar-refractivity contribution in [3.05, 3.63) is 29.6 Å². The van der Waals surface area contributed by atoms with Gasteiger partial charge >= 0.3 is 0 Å². The minimum absolute atomic E-state index is 0. The quantitative estimate of drug-likeness (QED) is 0.709. The molecule has 0 saturated carbocycles. The van der Waals surface area contributed by atoms with Gasteiger partial charge in [-0.2, -0.15) is 0 Å². The van der Waals surface area contributed by atoms with E-state index < -0.39 is 0 Å². The summed E-state index contributed by atoms with van der Waals surface area (Å²) in [5, 5.41) is 0. The second kappa shape index (κ2) is 6.18. The van der Waals surface area contributed by atoms with Crippen molar-refractivity contribution < 1.29 is 33.1 Å². The van der Waals surface area contributed by atoms with Crippen LogP contribution in [0.4, 0.5) is 4.39 Å². The summed E-state index contributed by atoms with van der Waals surface area (Å²) in [6.07, 6.45) is 0.896. The largest absolute Gasteiger partial charge is 1.00 e. The van der Waals surface area contributed by atoms with Crippen LogP contribution in [0.3, 0.4) is 0 Å². The second-order valence-corrected chi connectivity index (χ2v) is 2.78.